The summed E-state index contributed by atoms with van der Waals surface area (Å²) in [7, 11) is 0. The minimum atomic E-state index is -0.585. The molecule has 0 aliphatic heterocycles. The summed E-state index contributed by atoms with van der Waals surface area (Å²) in [5.41, 5.74) is 2.55. The van der Waals surface area contributed by atoms with Crippen LogP contribution in [0.5, 0.6) is 0 Å². The summed E-state index contributed by atoms with van der Waals surface area (Å²) in [6.07, 6.45) is 2.39. The zero-order valence-electron chi connectivity index (χ0n) is 11.1. The molecule has 0 saturated carbocycles. The van der Waals surface area contributed by atoms with Gasteiger partial charge in [-0.2, -0.15) is 5.10 Å². The van der Waals surface area contributed by atoms with Gasteiger partial charge in [0.05, 0.1) is 11.1 Å². The van der Waals surface area contributed by atoms with Gasteiger partial charge in [0.1, 0.15) is 6.42 Å². The number of nitro groups is 1. The molecule has 0 radical (unpaired) electrons. The normalized spacial score (nSPS) is 10.1. The van der Waals surface area contributed by atoms with Gasteiger partial charge in [0.25, 0.3) is 5.69 Å². The number of carbonyl (C=O) groups is 2. The van der Waals surface area contributed by atoms with Crippen molar-refractivity contribution in [3.05, 3.63) is 52.6 Å². The van der Waals surface area contributed by atoms with Gasteiger partial charge in [-0.25, -0.2) is 5.43 Å². The van der Waals surface area contributed by atoms with E-state index in [0.717, 1.165) is 0 Å². The Morgan fingerprint density at radius 2 is 2.14 bits per heavy atom. The first-order chi connectivity index (χ1) is 10.0. The molecule has 0 bridgehead atoms. The van der Waals surface area contributed by atoms with E-state index in [1.54, 1.807) is 6.07 Å². The van der Waals surface area contributed by atoms with Crippen LogP contribution in [0.1, 0.15) is 12.0 Å². The lowest BCUT2D eigenvalue weighted by molar-refractivity contribution is -0.384. The summed E-state index contributed by atoms with van der Waals surface area (Å²) in [5, 5.41) is 16.7. The highest BCUT2D eigenvalue weighted by molar-refractivity contribution is 5.97. The van der Waals surface area contributed by atoms with E-state index < -0.39 is 16.7 Å². The standard InChI is InChI=1S/C13H14N4O4/c1-2-6-14-12(18)8-13(19)16-15-9-10-4-3-5-11(7-10)17(20)21/h2-5,7,9H,1,6,8H2,(H,14,18)(H,16,19)/b15-9-. The van der Waals surface area contributed by atoms with Gasteiger partial charge in [-0.15, -0.1) is 6.58 Å². The van der Waals surface area contributed by atoms with Crippen LogP contribution in [-0.2, 0) is 9.59 Å². The molecule has 0 aliphatic rings. The fourth-order valence-electron chi connectivity index (χ4n) is 1.33. The van der Waals surface area contributed by atoms with Gasteiger partial charge in [-0.1, -0.05) is 18.2 Å². The van der Waals surface area contributed by atoms with Crippen molar-refractivity contribution >= 4 is 23.7 Å². The molecule has 1 aromatic rings. The molecule has 0 saturated heterocycles. The molecule has 1 aromatic carbocycles. The Hall–Kier alpha value is -3.03. The third kappa shape index (κ3) is 6.10. The number of non-ortho nitro benzene ring substituents is 1. The maximum Gasteiger partial charge on any atom is 0.270 e. The van der Waals surface area contributed by atoms with Gasteiger partial charge in [0.2, 0.25) is 11.8 Å². The SMILES string of the molecule is C=CCNC(=O)CC(=O)N/N=C\c1cccc([N+](=O)[O-])c1. The zero-order valence-corrected chi connectivity index (χ0v) is 11.1. The van der Waals surface area contributed by atoms with Crippen LogP contribution in [-0.4, -0.2) is 29.5 Å². The summed E-state index contributed by atoms with van der Waals surface area (Å²) in [4.78, 5) is 32.6. The number of amides is 2. The van der Waals surface area contributed by atoms with Crippen LogP contribution in [0.25, 0.3) is 0 Å². The van der Waals surface area contributed by atoms with E-state index in [9.17, 15) is 19.7 Å². The fraction of sp³-hybridized carbons (Fsp3) is 0.154. The molecular formula is C13H14N4O4. The van der Waals surface area contributed by atoms with Crippen molar-refractivity contribution in [1.29, 1.82) is 0 Å². The van der Waals surface area contributed by atoms with E-state index in [4.69, 9.17) is 0 Å². The second-order valence-electron chi connectivity index (χ2n) is 3.91. The number of nitro benzene ring substituents is 1. The largest absolute Gasteiger partial charge is 0.352 e. The maximum atomic E-state index is 11.4. The van der Waals surface area contributed by atoms with Gasteiger partial charge in [-0.3, -0.25) is 19.7 Å². The Balaban J connectivity index is 2.48. The number of hydrogen-bond acceptors (Lipinski definition) is 5. The smallest absolute Gasteiger partial charge is 0.270 e. The number of hydrogen-bond donors (Lipinski definition) is 2. The van der Waals surface area contributed by atoms with Crippen molar-refractivity contribution in [2.45, 2.75) is 6.42 Å². The molecule has 8 heteroatoms. The number of carbonyl (C=O) groups excluding carboxylic acids is 2. The second-order valence-corrected chi connectivity index (χ2v) is 3.91. The van der Waals surface area contributed by atoms with E-state index in [0.29, 0.717) is 5.56 Å². The summed E-state index contributed by atoms with van der Waals surface area (Å²) in [5.74, 6) is -1.03. The summed E-state index contributed by atoms with van der Waals surface area (Å²) in [6, 6.07) is 5.76. The number of nitrogens with zero attached hydrogens (tertiary/aromatic N) is 2. The van der Waals surface area contributed by atoms with E-state index in [-0.39, 0.29) is 18.7 Å². The highest BCUT2D eigenvalue weighted by atomic mass is 16.6. The van der Waals surface area contributed by atoms with Crippen molar-refractivity contribution in [2.24, 2.45) is 5.10 Å². The van der Waals surface area contributed by atoms with Gasteiger partial charge in [0, 0.05) is 24.2 Å². The topological polar surface area (TPSA) is 114 Å². The van der Waals surface area contributed by atoms with Crippen molar-refractivity contribution in [3.63, 3.8) is 0 Å². The monoisotopic (exact) mass is 290 g/mol. The predicted molar refractivity (Wildman–Crippen MR) is 76.7 cm³/mol. The predicted octanol–water partition coefficient (Wildman–Crippen LogP) is 0.737. The Kier molecular flexibility index (Phi) is 6.26. The van der Waals surface area contributed by atoms with Crippen LogP contribution >= 0.6 is 0 Å². The molecule has 0 spiro atoms. The Bertz CT molecular complexity index is 583. The number of hydrazone groups is 1. The molecular weight excluding hydrogens is 276 g/mol. The quantitative estimate of drug-likeness (QED) is 0.253. The highest BCUT2D eigenvalue weighted by Gasteiger charge is 2.07. The average Bonchev–Trinajstić information content (AvgIpc) is 2.45. The molecule has 0 aromatic heterocycles. The molecule has 0 unspecified atom stereocenters. The Morgan fingerprint density at radius 1 is 1.38 bits per heavy atom. The van der Waals surface area contributed by atoms with Crippen LogP contribution in [0.2, 0.25) is 0 Å². The average molecular weight is 290 g/mol. The maximum absolute atomic E-state index is 11.4. The minimum Gasteiger partial charge on any atom is -0.352 e. The number of rotatable bonds is 7. The van der Waals surface area contributed by atoms with Crippen molar-refractivity contribution in [2.75, 3.05) is 6.54 Å². The van der Waals surface area contributed by atoms with Crippen molar-refractivity contribution < 1.29 is 14.5 Å². The van der Waals surface area contributed by atoms with E-state index >= 15 is 0 Å². The van der Waals surface area contributed by atoms with E-state index in [1.807, 2.05) is 0 Å². The minimum absolute atomic E-state index is 0.0749. The lowest BCUT2D eigenvalue weighted by Crippen LogP contribution is -2.29. The molecule has 8 nitrogen and oxygen atoms in total. The first-order valence-corrected chi connectivity index (χ1v) is 5.97. The zero-order chi connectivity index (χ0) is 15.7. The third-order valence-electron chi connectivity index (χ3n) is 2.25. The molecule has 0 aliphatic carbocycles. The van der Waals surface area contributed by atoms with Gasteiger partial charge in [0.15, 0.2) is 0 Å². The van der Waals surface area contributed by atoms with Crippen LogP contribution in [0.3, 0.4) is 0 Å². The first-order valence-electron chi connectivity index (χ1n) is 5.97. The third-order valence-corrected chi connectivity index (χ3v) is 2.25. The molecule has 0 heterocycles. The highest BCUT2D eigenvalue weighted by Crippen LogP contribution is 2.11. The Labute approximate surface area is 120 Å². The molecule has 0 atom stereocenters. The lowest BCUT2D eigenvalue weighted by Gasteiger charge is -2.01. The molecule has 110 valence electrons. The molecule has 2 N–H and O–H groups in total. The summed E-state index contributed by atoms with van der Waals surface area (Å²) < 4.78 is 0. The molecule has 1 rings (SSSR count). The molecule has 2 amide bonds. The summed E-state index contributed by atoms with van der Waals surface area (Å²) >= 11 is 0. The fourth-order valence-corrected chi connectivity index (χ4v) is 1.33. The summed E-state index contributed by atoms with van der Waals surface area (Å²) in [6.45, 7) is 3.71. The van der Waals surface area contributed by atoms with Crippen LogP contribution in [0.4, 0.5) is 5.69 Å². The van der Waals surface area contributed by atoms with Gasteiger partial charge in [-0.05, 0) is 0 Å². The van der Waals surface area contributed by atoms with Gasteiger partial charge >= 0.3 is 0 Å². The first kappa shape index (κ1) is 16.0. The lowest BCUT2D eigenvalue weighted by atomic mass is 10.2. The van der Waals surface area contributed by atoms with Crippen LogP contribution in [0, 0.1) is 10.1 Å². The Morgan fingerprint density at radius 3 is 2.81 bits per heavy atom. The number of benzene rings is 1. The number of nitrogens with one attached hydrogen (secondary N) is 2. The molecule has 0 fully saturated rings. The molecule has 21 heavy (non-hydrogen) atoms. The van der Waals surface area contributed by atoms with Crippen LogP contribution in [0.15, 0.2) is 42.0 Å². The second kappa shape index (κ2) is 8.20. The van der Waals surface area contributed by atoms with E-state index in [1.165, 1.54) is 30.5 Å². The van der Waals surface area contributed by atoms with Gasteiger partial charge < -0.3 is 5.32 Å². The van der Waals surface area contributed by atoms with Crippen LogP contribution < -0.4 is 10.7 Å². The van der Waals surface area contributed by atoms with Crippen molar-refractivity contribution in [1.82, 2.24) is 10.7 Å². The van der Waals surface area contributed by atoms with E-state index in [2.05, 4.69) is 22.4 Å². The van der Waals surface area contributed by atoms with Crippen molar-refractivity contribution in [3.8, 4) is 0 Å².